The van der Waals surface area contributed by atoms with Crippen LogP contribution in [0, 0.1) is 0 Å². The van der Waals surface area contributed by atoms with E-state index < -0.39 is 0 Å². The maximum Gasteiger partial charge on any atom is 0.124 e. The van der Waals surface area contributed by atoms with Gasteiger partial charge in [-0.25, -0.2) is 9.97 Å². The molecule has 0 fully saturated rings. The molecule has 7 heteroatoms. The van der Waals surface area contributed by atoms with Gasteiger partial charge in [0, 0.05) is 33.9 Å². The third kappa shape index (κ3) is 3.38. The summed E-state index contributed by atoms with van der Waals surface area (Å²) in [5, 5.41) is 11.4. The molecule has 0 saturated carbocycles. The van der Waals surface area contributed by atoms with Crippen LogP contribution in [0.5, 0.6) is 5.75 Å². The normalized spacial score (nSPS) is 11.5. The predicted octanol–water partition coefficient (Wildman–Crippen LogP) is 5.80. The SMILES string of the molecule is COc1ccc2[nH]cc(-c3cncn3-c3ccc(-c4nc5ccc(CO)cc5s4)cc3)c2c1. The third-order valence-electron chi connectivity index (χ3n) is 5.83. The maximum atomic E-state index is 9.39. The van der Waals surface area contributed by atoms with Crippen molar-refractivity contribution in [2.75, 3.05) is 7.11 Å². The number of aromatic amines is 1. The monoisotopic (exact) mass is 452 g/mol. The zero-order valence-electron chi connectivity index (χ0n) is 17.8. The molecule has 6 rings (SSSR count). The molecule has 3 aromatic heterocycles. The molecule has 162 valence electrons. The summed E-state index contributed by atoms with van der Waals surface area (Å²) in [5.41, 5.74) is 7.04. The molecule has 2 N–H and O–H groups in total. The van der Waals surface area contributed by atoms with E-state index >= 15 is 0 Å². The van der Waals surface area contributed by atoms with Crippen molar-refractivity contribution in [3.8, 4) is 33.3 Å². The maximum absolute atomic E-state index is 9.39. The number of thiazole rings is 1. The van der Waals surface area contributed by atoms with Crippen LogP contribution in [-0.4, -0.2) is 31.7 Å². The minimum absolute atomic E-state index is 0.0360. The predicted molar refractivity (Wildman–Crippen MR) is 132 cm³/mol. The Hall–Kier alpha value is -3.94. The lowest BCUT2D eigenvalue weighted by Gasteiger charge is -2.09. The summed E-state index contributed by atoms with van der Waals surface area (Å²) in [6, 6.07) is 20.2. The molecule has 3 heterocycles. The second-order valence-electron chi connectivity index (χ2n) is 7.79. The quantitative estimate of drug-likeness (QED) is 0.347. The average molecular weight is 453 g/mol. The van der Waals surface area contributed by atoms with Crippen molar-refractivity contribution in [1.29, 1.82) is 0 Å². The van der Waals surface area contributed by atoms with E-state index in [1.807, 2.05) is 55.1 Å². The summed E-state index contributed by atoms with van der Waals surface area (Å²) < 4.78 is 8.57. The number of imidazole rings is 1. The van der Waals surface area contributed by atoms with Crippen LogP contribution in [0.15, 0.2) is 79.4 Å². The third-order valence-corrected chi connectivity index (χ3v) is 6.90. The summed E-state index contributed by atoms with van der Waals surface area (Å²) in [4.78, 5) is 12.5. The first-order valence-electron chi connectivity index (χ1n) is 10.5. The Balaban J connectivity index is 1.37. The average Bonchev–Trinajstić information content (AvgIpc) is 3.60. The summed E-state index contributed by atoms with van der Waals surface area (Å²) in [6.07, 6.45) is 5.72. The highest BCUT2D eigenvalue weighted by atomic mass is 32.1. The van der Waals surface area contributed by atoms with Crippen molar-refractivity contribution in [2.45, 2.75) is 6.61 Å². The van der Waals surface area contributed by atoms with Crippen molar-refractivity contribution in [3.05, 3.63) is 84.9 Å². The van der Waals surface area contributed by atoms with Gasteiger partial charge in [-0.3, -0.25) is 4.57 Å². The largest absolute Gasteiger partial charge is 0.497 e. The standard InChI is InChI=1S/C26H20N4O2S/c1-32-19-7-9-22-20(11-19)21(12-28-22)24-13-27-15-30(24)18-5-3-17(4-6-18)26-29-23-8-2-16(14-31)10-25(23)33-26/h2-13,15,28,31H,14H2,1H3. The fourth-order valence-corrected chi connectivity index (χ4v) is 5.13. The van der Waals surface area contributed by atoms with Gasteiger partial charge in [-0.1, -0.05) is 6.07 Å². The van der Waals surface area contributed by atoms with E-state index in [0.717, 1.165) is 59.9 Å². The zero-order valence-corrected chi connectivity index (χ0v) is 18.6. The molecule has 0 atom stereocenters. The lowest BCUT2D eigenvalue weighted by molar-refractivity contribution is 0.282. The molecule has 6 nitrogen and oxygen atoms in total. The lowest BCUT2D eigenvalue weighted by atomic mass is 10.1. The van der Waals surface area contributed by atoms with Crippen molar-refractivity contribution in [2.24, 2.45) is 0 Å². The van der Waals surface area contributed by atoms with Gasteiger partial charge < -0.3 is 14.8 Å². The molecule has 0 bridgehead atoms. The highest BCUT2D eigenvalue weighted by Gasteiger charge is 2.14. The minimum atomic E-state index is 0.0360. The first-order chi connectivity index (χ1) is 16.2. The van der Waals surface area contributed by atoms with Crippen LogP contribution in [0.3, 0.4) is 0 Å². The van der Waals surface area contributed by atoms with Crippen LogP contribution < -0.4 is 4.74 Å². The van der Waals surface area contributed by atoms with Crippen LogP contribution >= 0.6 is 11.3 Å². The Morgan fingerprint density at radius 3 is 2.76 bits per heavy atom. The van der Waals surface area contributed by atoms with Gasteiger partial charge in [0.15, 0.2) is 0 Å². The Morgan fingerprint density at radius 1 is 1.06 bits per heavy atom. The van der Waals surface area contributed by atoms with Crippen LogP contribution in [0.2, 0.25) is 0 Å². The van der Waals surface area contributed by atoms with Crippen molar-refractivity contribution in [3.63, 3.8) is 0 Å². The smallest absolute Gasteiger partial charge is 0.124 e. The van der Waals surface area contributed by atoms with E-state index in [1.165, 1.54) is 0 Å². The molecule has 0 aliphatic rings. The number of nitrogens with one attached hydrogen (secondary N) is 1. The van der Waals surface area contributed by atoms with E-state index in [1.54, 1.807) is 18.4 Å². The molecule has 0 unspecified atom stereocenters. The van der Waals surface area contributed by atoms with Crippen molar-refractivity contribution in [1.82, 2.24) is 19.5 Å². The molecule has 0 saturated heterocycles. The molecule has 0 aliphatic carbocycles. The molecule has 0 spiro atoms. The highest BCUT2D eigenvalue weighted by molar-refractivity contribution is 7.21. The fraction of sp³-hybridized carbons (Fsp3) is 0.0769. The molecule has 33 heavy (non-hydrogen) atoms. The van der Waals surface area contributed by atoms with E-state index in [4.69, 9.17) is 9.72 Å². The topological polar surface area (TPSA) is 76.0 Å². The van der Waals surface area contributed by atoms with Gasteiger partial charge in [0.25, 0.3) is 0 Å². The van der Waals surface area contributed by atoms with Gasteiger partial charge in [-0.05, 0) is 60.2 Å². The number of benzene rings is 3. The first-order valence-corrected chi connectivity index (χ1v) is 11.3. The number of methoxy groups -OCH3 is 1. The number of fused-ring (bicyclic) bond motifs is 2. The second kappa shape index (κ2) is 7.88. The van der Waals surface area contributed by atoms with Crippen molar-refractivity contribution >= 4 is 32.5 Å². The van der Waals surface area contributed by atoms with Gasteiger partial charge in [-0.2, -0.15) is 0 Å². The van der Waals surface area contributed by atoms with Crippen LogP contribution in [0.25, 0.3) is 48.6 Å². The summed E-state index contributed by atoms with van der Waals surface area (Å²) in [5.74, 6) is 0.820. The van der Waals surface area contributed by atoms with E-state index in [0.29, 0.717) is 0 Å². The molecule has 0 amide bonds. The van der Waals surface area contributed by atoms with Crippen LogP contribution in [0.4, 0.5) is 0 Å². The summed E-state index contributed by atoms with van der Waals surface area (Å²) in [6.45, 7) is 0.0360. The van der Waals surface area contributed by atoms with Gasteiger partial charge in [-0.15, -0.1) is 11.3 Å². The molecule has 0 radical (unpaired) electrons. The molecule has 6 aromatic rings. The number of hydrogen-bond acceptors (Lipinski definition) is 5. The first kappa shape index (κ1) is 19.7. The highest BCUT2D eigenvalue weighted by Crippen LogP contribution is 2.34. The number of ether oxygens (including phenoxy) is 1. The summed E-state index contributed by atoms with van der Waals surface area (Å²) in [7, 11) is 1.68. The number of H-pyrrole nitrogens is 1. The lowest BCUT2D eigenvalue weighted by Crippen LogP contribution is -1.94. The fourth-order valence-electron chi connectivity index (χ4n) is 4.09. The number of rotatable bonds is 5. The number of aliphatic hydroxyl groups is 1. The molecular formula is C26H20N4O2S. The molecular weight excluding hydrogens is 432 g/mol. The van der Waals surface area contributed by atoms with Gasteiger partial charge >= 0.3 is 0 Å². The van der Waals surface area contributed by atoms with Gasteiger partial charge in [0.05, 0.1) is 42.2 Å². The minimum Gasteiger partial charge on any atom is -0.497 e. The number of hydrogen-bond donors (Lipinski definition) is 2. The summed E-state index contributed by atoms with van der Waals surface area (Å²) >= 11 is 1.63. The Morgan fingerprint density at radius 2 is 1.94 bits per heavy atom. The zero-order chi connectivity index (χ0) is 22.4. The van der Waals surface area contributed by atoms with Gasteiger partial charge in [0.1, 0.15) is 10.8 Å². The van der Waals surface area contributed by atoms with Crippen LogP contribution in [0.1, 0.15) is 5.56 Å². The number of aromatic nitrogens is 4. The van der Waals surface area contributed by atoms with E-state index in [2.05, 4.69) is 38.8 Å². The van der Waals surface area contributed by atoms with E-state index in [9.17, 15) is 5.11 Å². The van der Waals surface area contributed by atoms with Gasteiger partial charge in [0.2, 0.25) is 0 Å². The molecule has 0 aliphatic heterocycles. The Labute approximate surface area is 193 Å². The molecule has 3 aromatic carbocycles. The Kier molecular flexibility index (Phi) is 4.71. The number of aliphatic hydroxyl groups excluding tert-OH is 1. The van der Waals surface area contributed by atoms with Crippen molar-refractivity contribution < 1.29 is 9.84 Å². The number of nitrogens with zero attached hydrogens (tertiary/aromatic N) is 3. The van der Waals surface area contributed by atoms with Crippen LogP contribution in [-0.2, 0) is 6.61 Å². The Bertz CT molecular complexity index is 1590. The van der Waals surface area contributed by atoms with E-state index in [-0.39, 0.29) is 6.61 Å². The second-order valence-corrected chi connectivity index (χ2v) is 8.82.